The predicted molar refractivity (Wildman–Crippen MR) is 106 cm³/mol. The number of aliphatic hydroxyl groups excluding tert-OH is 1. The third-order valence-corrected chi connectivity index (χ3v) is 5.61. The Morgan fingerprint density at radius 3 is 2.86 bits per heavy atom. The summed E-state index contributed by atoms with van der Waals surface area (Å²) in [6.45, 7) is 0. The van der Waals surface area contributed by atoms with Crippen molar-refractivity contribution in [2.45, 2.75) is 63.1 Å². The molecule has 0 aliphatic heterocycles. The van der Waals surface area contributed by atoms with Crippen molar-refractivity contribution in [3.63, 3.8) is 0 Å². The molecule has 2 aliphatic carbocycles. The molecule has 0 radical (unpaired) electrons. The minimum absolute atomic E-state index is 0.0682. The number of hydrogen-bond acceptors (Lipinski definition) is 7. The summed E-state index contributed by atoms with van der Waals surface area (Å²) in [6.07, 6.45) is 11.0. The van der Waals surface area contributed by atoms with Crippen molar-refractivity contribution in [1.29, 1.82) is 0 Å². The first kappa shape index (κ1) is 18.6. The third-order valence-electron chi connectivity index (χ3n) is 5.61. The van der Waals surface area contributed by atoms with Crippen molar-refractivity contribution in [3.8, 4) is 0 Å². The zero-order valence-electron chi connectivity index (χ0n) is 15.8. The lowest BCUT2D eigenvalue weighted by molar-refractivity contribution is 0.100. The monoisotopic (exact) mass is 382 g/mol. The summed E-state index contributed by atoms with van der Waals surface area (Å²) in [7, 11) is 0. The fourth-order valence-corrected chi connectivity index (χ4v) is 4.11. The van der Waals surface area contributed by atoms with Gasteiger partial charge in [-0.05, 0) is 62.1 Å². The lowest BCUT2D eigenvalue weighted by Crippen LogP contribution is -2.32. The van der Waals surface area contributed by atoms with Gasteiger partial charge in [0.1, 0.15) is 5.82 Å². The van der Waals surface area contributed by atoms with Gasteiger partial charge in [0.15, 0.2) is 0 Å². The Bertz CT molecular complexity index is 858. The van der Waals surface area contributed by atoms with Crippen LogP contribution in [0.5, 0.6) is 0 Å². The first-order valence-electron chi connectivity index (χ1n) is 9.88. The third kappa shape index (κ3) is 4.22. The van der Waals surface area contributed by atoms with Crippen LogP contribution in [-0.2, 0) is 12.8 Å². The summed E-state index contributed by atoms with van der Waals surface area (Å²) in [4.78, 5) is 24.8. The predicted octanol–water partition coefficient (Wildman–Crippen LogP) is 1.66. The average Bonchev–Trinajstić information content (AvgIpc) is 2.68. The summed E-state index contributed by atoms with van der Waals surface area (Å²) in [5.41, 5.74) is 8.36. The van der Waals surface area contributed by atoms with Crippen molar-refractivity contribution in [1.82, 2.24) is 15.0 Å². The number of aryl methyl sites for hydroxylation is 1. The van der Waals surface area contributed by atoms with Crippen molar-refractivity contribution < 1.29 is 9.90 Å². The highest BCUT2D eigenvalue weighted by molar-refractivity contribution is 5.97. The van der Waals surface area contributed by atoms with Gasteiger partial charge >= 0.3 is 0 Å². The molecule has 0 bridgehead atoms. The summed E-state index contributed by atoms with van der Waals surface area (Å²) < 4.78 is 0. The minimum atomic E-state index is -0.565. The SMILES string of the molecule is NC(=O)c1cnc(N[C@H]2CCc3cnccc3C2)nc1N[C@@H]1CCCC(O)C1. The highest BCUT2D eigenvalue weighted by Crippen LogP contribution is 2.25. The first-order chi connectivity index (χ1) is 13.6. The second-order valence-electron chi connectivity index (χ2n) is 7.71. The quantitative estimate of drug-likeness (QED) is 0.619. The standard InChI is InChI=1S/C20H26N6O2/c21-18(28)17-11-23-20(26-19(17)24-14-2-1-3-16(27)9-14)25-15-5-4-13-10-22-7-6-12(13)8-15/h6-7,10-11,14-16,27H,1-5,8-9H2,(H2,21,28)(H2,23,24,25,26)/t14-,15+,16?/m1/s1. The van der Waals surface area contributed by atoms with E-state index in [0.717, 1.165) is 38.5 Å². The maximum atomic E-state index is 11.8. The summed E-state index contributed by atoms with van der Waals surface area (Å²) >= 11 is 0. The number of amides is 1. The molecule has 1 saturated carbocycles. The summed E-state index contributed by atoms with van der Waals surface area (Å²) in [5, 5.41) is 16.6. The van der Waals surface area contributed by atoms with E-state index in [1.165, 1.54) is 17.3 Å². The average molecular weight is 382 g/mol. The van der Waals surface area contributed by atoms with Crippen molar-refractivity contribution in [3.05, 3.63) is 41.3 Å². The highest BCUT2D eigenvalue weighted by atomic mass is 16.3. The molecule has 0 aromatic carbocycles. The number of rotatable bonds is 5. The van der Waals surface area contributed by atoms with E-state index < -0.39 is 5.91 Å². The van der Waals surface area contributed by atoms with Crippen LogP contribution in [0.15, 0.2) is 24.7 Å². The van der Waals surface area contributed by atoms with Gasteiger partial charge in [0, 0.05) is 30.7 Å². The van der Waals surface area contributed by atoms with Crippen LogP contribution in [0.3, 0.4) is 0 Å². The molecule has 28 heavy (non-hydrogen) atoms. The number of aliphatic hydroxyl groups is 1. The second-order valence-corrected chi connectivity index (χ2v) is 7.71. The number of fused-ring (bicyclic) bond motifs is 1. The largest absolute Gasteiger partial charge is 0.393 e. The molecule has 0 spiro atoms. The van der Waals surface area contributed by atoms with E-state index in [1.54, 1.807) is 0 Å². The van der Waals surface area contributed by atoms with Crippen LogP contribution in [0, 0.1) is 0 Å². The lowest BCUT2D eigenvalue weighted by atomic mass is 9.90. The van der Waals surface area contributed by atoms with E-state index in [0.29, 0.717) is 18.2 Å². The van der Waals surface area contributed by atoms with Gasteiger partial charge in [-0.1, -0.05) is 0 Å². The van der Waals surface area contributed by atoms with Crippen LogP contribution in [0.25, 0.3) is 0 Å². The first-order valence-corrected chi connectivity index (χ1v) is 9.88. The molecule has 1 unspecified atom stereocenters. The summed E-state index contributed by atoms with van der Waals surface area (Å²) in [5.74, 6) is 0.348. The molecule has 1 fully saturated rings. The van der Waals surface area contributed by atoms with Gasteiger partial charge in [0.25, 0.3) is 5.91 Å². The number of nitrogens with one attached hydrogen (secondary N) is 2. The van der Waals surface area contributed by atoms with E-state index in [4.69, 9.17) is 5.73 Å². The van der Waals surface area contributed by atoms with Gasteiger partial charge in [-0.3, -0.25) is 9.78 Å². The number of anilines is 2. The van der Waals surface area contributed by atoms with E-state index in [2.05, 4.69) is 31.7 Å². The molecule has 0 saturated heterocycles. The molecular formula is C20H26N6O2. The number of carbonyl (C=O) groups is 1. The highest BCUT2D eigenvalue weighted by Gasteiger charge is 2.24. The van der Waals surface area contributed by atoms with E-state index in [-0.39, 0.29) is 23.8 Å². The maximum absolute atomic E-state index is 11.8. The Labute approximate surface area is 164 Å². The normalized spacial score (nSPS) is 24.2. The Morgan fingerprint density at radius 1 is 1.14 bits per heavy atom. The number of hydrogen-bond donors (Lipinski definition) is 4. The van der Waals surface area contributed by atoms with Crippen molar-refractivity contribution >= 4 is 17.7 Å². The molecule has 2 heterocycles. The maximum Gasteiger partial charge on any atom is 0.254 e. The number of primary amides is 1. The summed E-state index contributed by atoms with van der Waals surface area (Å²) in [6, 6.07) is 2.35. The molecule has 5 N–H and O–H groups in total. The van der Waals surface area contributed by atoms with E-state index in [9.17, 15) is 9.90 Å². The van der Waals surface area contributed by atoms with Crippen molar-refractivity contribution in [2.24, 2.45) is 5.73 Å². The fourth-order valence-electron chi connectivity index (χ4n) is 4.11. The molecular weight excluding hydrogens is 356 g/mol. The fraction of sp³-hybridized carbons (Fsp3) is 0.500. The molecule has 3 atom stereocenters. The van der Waals surface area contributed by atoms with Gasteiger partial charge < -0.3 is 21.5 Å². The molecule has 8 nitrogen and oxygen atoms in total. The zero-order valence-corrected chi connectivity index (χ0v) is 15.8. The Morgan fingerprint density at radius 2 is 2.04 bits per heavy atom. The number of nitrogens with two attached hydrogens (primary N) is 1. The van der Waals surface area contributed by atoms with Crippen LogP contribution < -0.4 is 16.4 Å². The van der Waals surface area contributed by atoms with Crippen LogP contribution in [0.1, 0.15) is 53.6 Å². The van der Waals surface area contributed by atoms with E-state index >= 15 is 0 Å². The molecule has 2 aromatic heterocycles. The van der Waals surface area contributed by atoms with Crippen LogP contribution in [0.4, 0.5) is 11.8 Å². The smallest absolute Gasteiger partial charge is 0.254 e. The van der Waals surface area contributed by atoms with Gasteiger partial charge in [-0.15, -0.1) is 0 Å². The minimum Gasteiger partial charge on any atom is -0.393 e. The zero-order chi connectivity index (χ0) is 19.5. The number of carbonyl (C=O) groups excluding carboxylic acids is 1. The number of nitrogens with zero attached hydrogens (tertiary/aromatic N) is 3. The van der Waals surface area contributed by atoms with Crippen LogP contribution >= 0.6 is 0 Å². The van der Waals surface area contributed by atoms with Crippen LogP contribution in [-0.4, -0.2) is 44.2 Å². The Balaban J connectivity index is 1.49. The molecule has 2 aliphatic rings. The Hall–Kier alpha value is -2.74. The van der Waals surface area contributed by atoms with Gasteiger partial charge in [-0.25, -0.2) is 4.98 Å². The van der Waals surface area contributed by atoms with Gasteiger partial charge in [-0.2, -0.15) is 4.98 Å². The molecule has 4 rings (SSSR count). The van der Waals surface area contributed by atoms with E-state index in [1.807, 2.05) is 12.4 Å². The molecule has 148 valence electrons. The molecule has 2 aromatic rings. The van der Waals surface area contributed by atoms with Crippen molar-refractivity contribution in [2.75, 3.05) is 10.6 Å². The number of aromatic nitrogens is 3. The topological polar surface area (TPSA) is 126 Å². The van der Waals surface area contributed by atoms with Gasteiger partial charge in [0.05, 0.1) is 11.7 Å². The Kier molecular flexibility index (Phi) is 5.38. The van der Waals surface area contributed by atoms with Gasteiger partial charge in [0.2, 0.25) is 5.95 Å². The lowest BCUT2D eigenvalue weighted by Gasteiger charge is -2.28. The second kappa shape index (κ2) is 8.10. The van der Waals surface area contributed by atoms with Crippen LogP contribution in [0.2, 0.25) is 0 Å². The molecule has 8 heteroatoms. The number of pyridine rings is 1. The molecule has 1 amide bonds.